The number of hydrogen-bond acceptors (Lipinski definition) is 3. The molecule has 0 bridgehead atoms. The van der Waals surface area contributed by atoms with Crippen LogP contribution in [-0.2, 0) is 6.42 Å². The predicted octanol–water partition coefficient (Wildman–Crippen LogP) is 2.21. The molecule has 122 valence electrons. The number of hydrogen-bond donors (Lipinski definition) is 2. The molecule has 5 nitrogen and oxygen atoms in total. The van der Waals surface area contributed by atoms with Gasteiger partial charge in [-0.15, -0.1) is 0 Å². The molecule has 0 unspecified atom stereocenters. The van der Waals surface area contributed by atoms with Crippen molar-refractivity contribution in [2.24, 2.45) is 0 Å². The Morgan fingerprint density at radius 3 is 2.61 bits per heavy atom. The zero-order valence-electron chi connectivity index (χ0n) is 13.3. The molecule has 2 rings (SSSR count). The van der Waals surface area contributed by atoms with E-state index >= 15 is 0 Å². The van der Waals surface area contributed by atoms with Gasteiger partial charge in [-0.3, -0.25) is 10.1 Å². The number of nitro groups is 1. The van der Waals surface area contributed by atoms with Crippen molar-refractivity contribution in [3.8, 4) is 0 Å². The number of benzene rings is 2. The number of quaternary nitrogens is 1. The average molecular weight is 315 g/mol. The van der Waals surface area contributed by atoms with Crippen LogP contribution in [0.1, 0.15) is 30.6 Å². The zero-order valence-corrected chi connectivity index (χ0v) is 13.3. The van der Waals surface area contributed by atoms with Crippen molar-refractivity contribution in [2.45, 2.75) is 31.9 Å². The number of nitrogens with two attached hydrogens (primary N) is 1. The number of nitrogens with zero attached hydrogens (tertiary/aromatic N) is 1. The lowest BCUT2D eigenvalue weighted by atomic mass is 10.1. The zero-order chi connectivity index (χ0) is 16.7. The van der Waals surface area contributed by atoms with E-state index in [0.29, 0.717) is 18.2 Å². The molecule has 0 radical (unpaired) electrons. The van der Waals surface area contributed by atoms with Gasteiger partial charge >= 0.3 is 0 Å². The van der Waals surface area contributed by atoms with Crippen molar-refractivity contribution in [1.29, 1.82) is 0 Å². The van der Waals surface area contributed by atoms with Gasteiger partial charge in [0, 0.05) is 18.6 Å². The van der Waals surface area contributed by atoms with E-state index in [9.17, 15) is 15.2 Å². The first-order chi connectivity index (χ1) is 11.1. The van der Waals surface area contributed by atoms with E-state index < -0.39 is 11.0 Å². The molecule has 0 spiro atoms. The van der Waals surface area contributed by atoms with Gasteiger partial charge in [-0.25, -0.2) is 0 Å². The number of nitro benzene ring substituents is 1. The van der Waals surface area contributed by atoms with Crippen LogP contribution in [-0.4, -0.2) is 22.6 Å². The molecule has 5 heteroatoms. The van der Waals surface area contributed by atoms with Crippen LogP contribution in [0.15, 0.2) is 54.6 Å². The van der Waals surface area contributed by atoms with Gasteiger partial charge in [0.15, 0.2) is 0 Å². The van der Waals surface area contributed by atoms with Gasteiger partial charge in [0.05, 0.1) is 11.0 Å². The van der Waals surface area contributed by atoms with Gasteiger partial charge in [0.25, 0.3) is 5.69 Å². The highest BCUT2D eigenvalue weighted by Gasteiger charge is 2.15. The van der Waals surface area contributed by atoms with Crippen molar-refractivity contribution in [2.75, 3.05) is 6.54 Å². The van der Waals surface area contributed by atoms with E-state index in [2.05, 4.69) is 24.4 Å². The Hall–Kier alpha value is -2.24. The topological polar surface area (TPSA) is 80.0 Å². The van der Waals surface area contributed by atoms with Crippen LogP contribution in [0.2, 0.25) is 0 Å². The summed E-state index contributed by atoms with van der Waals surface area (Å²) in [6, 6.07) is 16.9. The summed E-state index contributed by atoms with van der Waals surface area (Å²) in [4.78, 5) is 10.3. The molecular weight excluding hydrogens is 292 g/mol. The molecule has 0 amide bonds. The quantitative estimate of drug-likeness (QED) is 0.579. The second-order valence-corrected chi connectivity index (χ2v) is 5.84. The van der Waals surface area contributed by atoms with Crippen LogP contribution in [0.25, 0.3) is 0 Å². The molecule has 2 atom stereocenters. The highest BCUT2D eigenvalue weighted by atomic mass is 16.6. The standard InChI is InChI=1S/C18H22N2O3/c1-14(10-11-15-6-3-2-4-7-15)19-13-18(21)16-8-5-9-17(12-16)20(22)23/h2-9,12,14,18-19,21H,10-11,13H2,1H3/p+1/t14-,18-/m0/s1. The lowest BCUT2D eigenvalue weighted by Gasteiger charge is -2.14. The molecule has 0 aliphatic carbocycles. The summed E-state index contributed by atoms with van der Waals surface area (Å²) < 4.78 is 0. The molecule has 2 aromatic rings. The van der Waals surface area contributed by atoms with Gasteiger partial charge in [-0.05, 0) is 24.5 Å². The number of aliphatic hydroxyl groups excluding tert-OH is 1. The molecular formula is C18H23N2O3+. The molecule has 0 saturated carbocycles. The molecule has 0 aromatic heterocycles. The normalized spacial score (nSPS) is 13.5. The van der Waals surface area contributed by atoms with Crippen molar-refractivity contribution in [3.63, 3.8) is 0 Å². The minimum absolute atomic E-state index is 0.0127. The van der Waals surface area contributed by atoms with E-state index in [1.807, 2.05) is 18.2 Å². The van der Waals surface area contributed by atoms with Crippen LogP contribution in [0.4, 0.5) is 5.69 Å². The number of aliphatic hydroxyl groups is 1. The van der Waals surface area contributed by atoms with Gasteiger partial charge in [0.2, 0.25) is 0 Å². The maximum atomic E-state index is 10.8. The van der Waals surface area contributed by atoms with Crippen LogP contribution in [0, 0.1) is 10.1 Å². The molecule has 0 aliphatic heterocycles. The third-order valence-corrected chi connectivity index (χ3v) is 3.96. The summed E-state index contributed by atoms with van der Waals surface area (Å²) in [5.41, 5.74) is 1.91. The summed E-state index contributed by atoms with van der Waals surface area (Å²) in [7, 11) is 0. The Morgan fingerprint density at radius 1 is 1.17 bits per heavy atom. The van der Waals surface area contributed by atoms with Crippen molar-refractivity contribution in [1.82, 2.24) is 0 Å². The van der Waals surface area contributed by atoms with Crippen LogP contribution < -0.4 is 5.32 Å². The molecule has 0 fully saturated rings. The Kier molecular flexibility index (Phi) is 6.26. The third kappa shape index (κ3) is 5.47. The van der Waals surface area contributed by atoms with Gasteiger partial charge in [0.1, 0.15) is 12.6 Å². The van der Waals surface area contributed by atoms with Crippen molar-refractivity contribution < 1.29 is 15.3 Å². The second-order valence-electron chi connectivity index (χ2n) is 5.84. The first-order valence-electron chi connectivity index (χ1n) is 7.86. The summed E-state index contributed by atoms with van der Waals surface area (Å²) >= 11 is 0. The van der Waals surface area contributed by atoms with Crippen LogP contribution in [0.5, 0.6) is 0 Å². The van der Waals surface area contributed by atoms with Gasteiger partial charge in [-0.2, -0.15) is 0 Å². The fourth-order valence-corrected chi connectivity index (χ4v) is 2.50. The number of rotatable bonds is 8. The van der Waals surface area contributed by atoms with E-state index in [4.69, 9.17) is 0 Å². The summed E-state index contributed by atoms with van der Waals surface area (Å²) in [6.07, 6.45) is 1.32. The average Bonchev–Trinajstić information content (AvgIpc) is 2.58. The summed E-state index contributed by atoms with van der Waals surface area (Å²) in [5.74, 6) is 0. The third-order valence-electron chi connectivity index (χ3n) is 3.96. The molecule has 0 saturated heterocycles. The number of aryl methyl sites for hydroxylation is 1. The maximum Gasteiger partial charge on any atom is 0.269 e. The fraction of sp³-hybridized carbons (Fsp3) is 0.333. The fourth-order valence-electron chi connectivity index (χ4n) is 2.50. The Labute approximate surface area is 136 Å². The Morgan fingerprint density at radius 2 is 1.91 bits per heavy atom. The minimum Gasteiger partial charge on any atom is -0.382 e. The van der Waals surface area contributed by atoms with Gasteiger partial charge in [-0.1, -0.05) is 42.5 Å². The minimum atomic E-state index is -0.700. The lowest BCUT2D eigenvalue weighted by molar-refractivity contribution is -0.693. The van der Waals surface area contributed by atoms with Crippen molar-refractivity contribution in [3.05, 3.63) is 75.8 Å². The largest absolute Gasteiger partial charge is 0.382 e. The molecule has 2 aromatic carbocycles. The molecule has 3 N–H and O–H groups in total. The van der Waals surface area contributed by atoms with E-state index in [-0.39, 0.29) is 5.69 Å². The van der Waals surface area contributed by atoms with Crippen LogP contribution in [0.3, 0.4) is 0 Å². The highest BCUT2D eigenvalue weighted by Crippen LogP contribution is 2.18. The summed E-state index contributed by atoms with van der Waals surface area (Å²) in [6.45, 7) is 2.63. The monoisotopic (exact) mass is 315 g/mol. The van der Waals surface area contributed by atoms with E-state index in [0.717, 1.165) is 12.8 Å². The smallest absolute Gasteiger partial charge is 0.269 e. The Balaban J connectivity index is 1.80. The lowest BCUT2D eigenvalue weighted by Crippen LogP contribution is -2.90. The predicted molar refractivity (Wildman–Crippen MR) is 89.1 cm³/mol. The maximum absolute atomic E-state index is 10.8. The first-order valence-corrected chi connectivity index (χ1v) is 7.86. The molecule has 0 heterocycles. The highest BCUT2D eigenvalue weighted by molar-refractivity contribution is 5.35. The number of non-ortho nitro benzene ring substituents is 1. The van der Waals surface area contributed by atoms with Crippen LogP contribution >= 0.6 is 0 Å². The van der Waals surface area contributed by atoms with E-state index in [1.165, 1.54) is 17.7 Å². The Bertz CT molecular complexity index is 631. The second kappa shape index (κ2) is 8.41. The summed E-state index contributed by atoms with van der Waals surface area (Å²) in [5, 5.41) is 23.1. The van der Waals surface area contributed by atoms with E-state index in [1.54, 1.807) is 12.1 Å². The molecule has 23 heavy (non-hydrogen) atoms. The first kappa shape index (κ1) is 17.1. The van der Waals surface area contributed by atoms with Gasteiger partial charge < -0.3 is 10.4 Å². The molecule has 0 aliphatic rings. The SMILES string of the molecule is C[C@@H](CCc1ccccc1)[NH2+]C[C@H](O)c1cccc([N+](=O)[O-])c1. The van der Waals surface area contributed by atoms with Crippen molar-refractivity contribution >= 4 is 5.69 Å².